The van der Waals surface area contributed by atoms with Gasteiger partial charge in [0.25, 0.3) is 0 Å². The Labute approximate surface area is 101 Å². The van der Waals surface area contributed by atoms with Gasteiger partial charge in [0.15, 0.2) is 0 Å². The molecule has 0 spiro atoms. The highest BCUT2D eigenvalue weighted by molar-refractivity contribution is 7.85. The molecule has 1 saturated heterocycles. The zero-order valence-electron chi connectivity index (χ0n) is 9.90. The van der Waals surface area contributed by atoms with E-state index in [1.165, 1.54) is 12.8 Å². The van der Waals surface area contributed by atoms with Crippen LogP contribution >= 0.6 is 0 Å². The lowest BCUT2D eigenvalue weighted by molar-refractivity contribution is 0.128. The Morgan fingerprint density at radius 2 is 2.12 bits per heavy atom. The zero-order chi connectivity index (χ0) is 11.4. The predicted molar refractivity (Wildman–Crippen MR) is 66.8 cm³/mol. The van der Waals surface area contributed by atoms with Gasteiger partial charge in [-0.3, -0.25) is 4.21 Å². The molecule has 1 saturated carbocycles. The molecule has 0 amide bonds. The lowest BCUT2D eigenvalue weighted by atomic mass is 10.0. The van der Waals surface area contributed by atoms with Crippen LogP contribution in [0.5, 0.6) is 0 Å². The summed E-state index contributed by atoms with van der Waals surface area (Å²) in [4.78, 5) is 0. The quantitative estimate of drug-likeness (QED) is 0.797. The van der Waals surface area contributed by atoms with Gasteiger partial charge in [-0.2, -0.15) is 0 Å². The van der Waals surface area contributed by atoms with Gasteiger partial charge in [-0.25, -0.2) is 0 Å². The molecule has 1 heterocycles. The van der Waals surface area contributed by atoms with Gasteiger partial charge >= 0.3 is 0 Å². The van der Waals surface area contributed by atoms with Crippen molar-refractivity contribution in [3.8, 4) is 0 Å². The van der Waals surface area contributed by atoms with Gasteiger partial charge in [-0.05, 0) is 38.0 Å². The Morgan fingerprint density at radius 3 is 2.75 bits per heavy atom. The van der Waals surface area contributed by atoms with Crippen molar-refractivity contribution in [2.75, 3.05) is 18.1 Å². The number of ether oxygens (including phenoxy) is 1. The van der Waals surface area contributed by atoms with E-state index in [9.17, 15) is 4.21 Å². The molecule has 2 N–H and O–H groups in total. The first-order valence-electron chi connectivity index (χ1n) is 6.48. The second-order valence-corrected chi connectivity index (χ2v) is 6.71. The standard InChI is InChI=1S/C12H23NO2S/c13-12-5-1-3-10(12)6-8-16(14)9-11-4-2-7-15-11/h10-12H,1-9,13H2. The number of hydrogen-bond acceptors (Lipinski definition) is 3. The van der Waals surface area contributed by atoms with Crippen LogP contribution in [0.2, 0.25) is 0 Å². The van der Waals surface area contributed by atoms with Gasteiger partial charge < -0.3 is 10.5 Å². The van der Waals surface area contributed by atoms with E-state index in [1.54, 1.807) is 0 Å². The van der Waals surface area contributed by atoms with Crippen molar-refractivity contribution >= 4 is 10.8 Å². The summed E-state index contributed by atoms with van der Waals surface area (Å²) in [6.45, 7) is 0.857. The topological polar surface area (TPSA) is 52.3 Å². The molecule has 0 aromatic rings. The van der Waals surface area contributed by atoms with Crippen LogP contribution in [0.15, 0.2) is 0 Å². The maximum absolute atomic E-state index is 11.9. The molecule has 0 radical (unpaired) electrons. The van der Waals surface area contributed by atoms with Crippen LogP contribution in [-0.4, -0.2) is 34.5 Å². The molecular formula is C12H23NO2S. The van der Waals surface area contributed by atoms with E-state index in [0.29, 0.717) is 12.0 Å². The summed E-state index contributed by atoms with van der Waals surface area (Å²) in [5.74, 6) is 2.17. The van der Waals surface area contributed by atoms with Crippen LogP contribution in [-0.2, 0) is 15.5 Å². The van der Waals surface area contributed by atoms with Crippen molar-refractivity contribution < 1.29 is 8.95 Å². The molecule has 0 aromatic heterocycles. The molecule has 4 heteroatoms. The summed E-state index contributed by atoms with van der Waals surface area (Å²) < 4.78 is 17.4. The van der Waals surface area contributed by atoms with Gasteiger partial charge in [0.2, 0.25) is 0 Å². The minimum atomic E-state index is -0.701. The van der Waals surface area contributed by atoms with E-state index in [0.717, 1.165) is 43.8 Å². The molecule has 94 valence electrons. The number of hydrogen-bond donors (Lipinski definition) is 1. The van der Waals surface area contributed by atoms with Crippen LogP contribution < -0.4 is 5.73 Å². The highest BCUT2D eigenvalue weighted by Crippen LogP contribution is 2.27. The Morgan fingerprint density at radius 1 is 1.25 bits per heavy atom. The fraction of sp³-hybridized carbons (Fsp3) is 1.00. The Bertz CT molecular complexity index is 241. The molecule has 0 aromatic carbocycles. The average molecular weight is 245 g/mol. The number of nitrogens with two attached hydrogens (primary N) is 1. The Kier molecular flexibility index (Phi) is 4.79. The zero-order valence-corrected chi connectivity index (χ0v) is 10.7. The third-order valence-corrected chi connectivity index (χ3v) is 5.26. The molecule has 4 unspecified atom stereocenters. The molecule has 1 aliphatic carbocycles. The first-order chi connectivity index (χ1) is 7.75. The summed E-state index contributed by atoms with van der Waals surface area (Å²) in [5, 5.41) is 0. The van der Waals surface area contributed by atoms with E-state index in [-0.39, 0.29) is 6.10 Å². The van der Waals surface area contributed by atoms with Crippen molar-refractivity contribution in [2.24, 2.45) is 11.7 Å². The van der Waals surface area contributed by atoms with E-state index in [1.807, 2.05) is 0 Å². The van der Waals surface area contributed by atoms with Crippen LogP contribution in [0.3, 0.4) is 0 Å². The van der Waals surface area contributed by atoms with E-state index in [4.69, 9.17) is 10.5 Å². The van der Waals surface area contributed by atoms with Crippen molar-refractivity contribution in [2.45, 2.75) is 50.7 Å². The fourth-order valence-corrected chi connectivity index (χ4v) is 4.18. The van der Waals surface area contributed by atoms with Crippen LogP contribution in [0, 0.1) is 5.92 Å². The van der Waals surface area contributed by atoms with Gasteiger partial charge in [-0.1, -0.05) is 6.42 Å². The summed E-state index contributed by atoms with van der Waals surface area (Å²) in [6, 6.07) is 0.361. The predicted octanol–water partition coefficient (Wildman–Crippen LogP) is 1.43. The van der Waals surface area contributed by atoms with Gasteiger partial charge in [0, 0.05) is 35.0 Å². The summed E-state index contributed by atoms with van der Waals surface area (Å²) >= 11 is 0. The summed E-state index contributed by atoms with van der Waals surface area (Å²) in [5.41, 5.74) is 6.01. The van der Waals surface area contributed by atoms with Gasteiger partial charge in [0.05, 0.1) is 6.10 Å². The normalized spacial score (nSPS) is 36.7. The van der Waals surface area contributed by atoms with Crippen LogP contribution in [0.4, 0.5) is 0 Å². The van der Waals surface area contributed by atoms with Gasteiger partial charge in [-0.15, -0.1) is 0 Å². The molecule has 2 rings (SSSR count). The van der Waals surface area contributed by atoms with E-state index in [2.05, 4.69) is 0 Å². The monoisotopic (exact) mass is 245 g/mol. The fourth-order valence-electron chi connectivity index (χ4n) is 2.77. The second-order valence-electron chi connectivity index (χ2n) is 5.09. The summed E-state index contributed by atoms with van der Waals surface area (Å²) in [7, 11) is -0.701. The second kappa shape index (κ2) is 6.12. The van der Waals surface area contributed by atoms with E-state index >= 15 is 0 Å². The van der Waals surface area contributed by atoms with Crippen LogP contribution in [0.25, 0.3) is 0 Å². The molecule has 4 atom stereocenters. The maximum atomic E-state index is 11.9. The third kappa shape index (κ3) is 3.54. The lowest BCUT2D eigenvalue weighted by Crippen LogP contribution is -2.26. The van der Waals surface area contributed by atoms with Crippen molar-refractivity contribution in [1.82, 2.24) is 0 Å². The minimum absolute atomic E-state index is 0.262. The largest absolute Gasteiger partial charge is 0.377 e. The van der Waals surface area contributed by atoms with E-state index < -0.39 is 10.8 Å². The Hall–Kier alpha value is 0.0700. The SMILES string of the molecule is NC1CCCC1CCS(=O)CC1CCCO1. The molecule has 3 nitrogen and oxygen atoms in total. The molecular weight excluding hydrogens is 222 g/mol. The van der Waals surface area contributed by atoms with Gasteiger partial charge in [0.1, 0.15) is 0 Å². The maximum Gasteiger partial charge on any atom is 0.0691 e. The molecule has 2 aliphatic rings. The summed E-state index contributed by atoms with van der Waals surface area (Å²) in [6.07, 6.45) is 7.17. The highest BCUT2D eigenvalue weighted by Gasteiger charge is 2.25. The minimum Gasteiger partial charge on any atom is -0.377 e. The van der Waals surface area contributed by atoms with Crippen molar-refractivity contribution in [3.63, 3.8) is 0 Å². The Balaban J connectivity index is 1.63. The average Bonchev–Trinajstić information content (AvgIpc) is 2.87. The van der Waals surface area contributed by atoms with Crippen molar-refractivity contribution in [3.05, 3.63) is 0 Å². The smallest absolute Gasteiger partial charge is 0.0691 e. The van der Waals surface area contributed by atoms with Crippen LogP contribution in [0.1, 0.15) is 38.5 Å². The molecule has 16 heavy (non-hydrogen) atoms. The molecule has 0 bridgehead atoms. The molecule has 2 fully saturated rings. The van der Waals surface area contributed by atoms with Crippen molar-refractivity contribution in [1.29, 1.82) is 0 Å². The number of rotatable bonds is 5. The lowest BCUT2D eigenvalue weighted by Gasteiger charge is -2.15. The highest BCUT2D eigenvalue weighted by atomic mass is 32.2. The molecule has 1 aliphatic heterocycles. The third-order valence-electron chi connectivity index (χ3n) is 3.83. The first-order valence-corrected chi connectivity index (χ1v) is 7.96. The first kappa shape index (κ1) is 12.5.